The van der Waals surface area contributed by atoms with Crippen molar-refractivity contribution in [2.24, 2.45) is 5.92 Å². The largest absolute Gasteiger partial charge is 0.368 e. The Bertz CT molecular complexity index is 584. The summed E-state index contributed by atoms with van der Waals surface area (Å²) in [6, 6.07) is 0.210. The molecule has 2 N–H and O–H groups in total. The van der Waals surface area contributed by atoms with E-state index >= 15 is 0 Å². The van der Waals surface area contributed by atoms with Gasteiger partial charge in [-0.1, -0.05) is 11.8 Å². The maximum atomic E-state index is 11.6. The number of piperidine rings is 1. The summed E-state index contributed by atoms with van der Waals surface area (Å²) >= 11 is 1.60. The zero-order chi connectivity index (χ0) is 15.6. The number of nitrogen functional groups attached to an aromatic ring is 1. The smallest absolute Gasteiger partial charge is 0.222 e. The Morgan fingerprint density at radius 3 is 2.76 bits per heavy atom. The number of nitrogens with two attached hydrogens (primary N) is 1. The number of nitrogens with zero attached hydrogens (tertiary/aromatic N) is 4. The maximum absolute atomic E-state index is 11.6. The Morgan fingerprint density at radius 1 is 1.43 bits per heavy atom. The van der Waals surface area contributed by atoms with Crippen LogP contribution in [0.15, 0.2) is 5.16 Å². The summed E-state index contributed by atoms with van der Waals surface area (Å²) in [5.41, 5.74) is 5.82. The molecule has 2 rings (SSSR count). The fraction of sp³-hybridized carbons (Fsp3) is 0.833. The Morgan fingerprint density at radius 2 is 2.14 bits per heavy atom. The average molecular weight is 333 g/mol. The molecule has 1 atom stereocenters. The zero-order valence-corrected chi connectivity index (χ0v) is 14.3. The molecular formula is C12H23N5O2S2. The lowest BCUT2D eigenvalue weighted by Gasteiger charge is -2.30. The van der Waals surface area contributed by atoms with E-state index in [1.807, 2.05) is 18.4 Å². The van der Waals surface area contributed by atoms with E-state index < -0.39 is 10.0 Å². The molecule has 1 aliphatic rings. The monoisotopic (exact) mass is 333 g/mol. The first-order chi connectivity index (χ1) is 9.79. The molecule has 0 bridgehead atoms. The second-order valence-electron chi connectivity index (χ2n) is 5.74. The van der Waals surface area contributed by atoms with Crippen LogP contribution >= 0.6 is 11.8 Å². The highest BCUT2D eigenvalue weighted by molar-refractivity contribution is 7.99. The fourth-order valence-electron chi connectivity index (χ4n) is 2.53. The molecule has 1 fully saturated rings. The van der Waals surface area contributed by atoms with E-state index in [0.29, 0.717) is 25.0 Å². The fourth-order valence-corrected chi connectivity index (χ4v) is 4.67. The van der Waals surface area contributed by atoms with Crippen LogP contribution in [0.25, 0.3) is 0 Å². The van der Waals surface area contributed by atoms with Gasteiger partial charge in [0.25, 0.3) is 0 Å². The third-order valence-electron chi connectivity index (χ3n) is 3.61. The number of hydrogen-bond donors (Lipinski definition) is 1. The predicted octanol–water partition coefficient (Wildman–Crippen LogP) is 1.20. The number of aromatic nitrogens is 3. The first-order valence-electron chi connectivity index (χ1n) is 7.07. The van der Waals surface area contributed by atoms with Gasteiger partial charge in [0, 0.05) is 24.9 Å². The van der Waals surface area contributed by atoms with Crippen LogP contribution in [0.4, 0.5) is 5.95 Å². The van der Waals surface area contributed by atoms with Crippen molar-refractivity contribution in [3.63, 3.8) is 0 Å². The summed E-state index contributed by atoms with van der Waals surface area (Å²) in [5.74, 6) is 1.60. The highest BCUT2D eigenvalue weighted by Gasteiger charge is 2.26. The van der Waals surface area contributed by atoms with Gasteiger partial charge in [-0.3, -0.25) is 4.57 Å². The summed E-state index contributed by atoms with van der Waals surface area (Å²) in [6.45, 7) is 5.30. The summed E-state index contributed by atoms with van der Waals surface area (Å²) < 4.78 is 26.7. The number of sulfonamides is 1. The van der Waals surface area contributed by atoms with Gasteiger partial charge in [0.05, 0.1) is 6.26 Å². The third kappa shape index (κ3) is 4.10. The van der Waals surface area contributed by atoms with Gasteiger partial charge in [-0.2, -0.15) is 0 Å². The first kappa shape index (κ1) is 16.6. The SMILES string of the molecule is CC(C)n1c(N)nnc1SCC1CCCN(S(C)(=O)=O)C1. The molecule has 0 spiro atoms. The Labute approximate surface area is 130 Å². The molecule has 2 heterocycles. The van der Waals surface area contributed by atoms with Crippen molar-refractivity contribution in [1.29, 1.82) is 0 Å². The number of rotatable bonds is 5. The molecule has 9 heteroatoms. The molecule has 0 radical (unpaired) electrons. The molecule has 1 aromatic heterocycles. The van der Waals surface area contributed by atoms with Crippen LogP contribution in [-0.2, 0) is 10.0 Å². The van der Waals surface area contributed by atoms with E-state index in [-0.39, 0.29) is 6.04 Å². The van der Waals surface area contributed by atoms with Crippen molar-refractivity contribution >= 4 is 27.7 Å². The molecule has 0 amide bonds. The van der Waals surface area contributed by atoms with Gasteiger partial charge in [0.1, 0.15) is 0 Å². The molecule has 120 valence electrons. The number of hydrogen-bond acceptors (Lipinski definition) is 6. The van der Waals surface area contributed by atoms with Crippen LogP contribution < -0.4 is 5.73 Å². The normalized spacial score (nSPS) is 21.0. The Kier molecular flexibility index (Phi) is 5.15. The van der Waals surface area contributed by atoms with Crippen molar-refractivity contribution in [3.8, 4) is 0 Å². The topological polar surface area (TPSA) is 94.1 Å². The first-order valence-corrected chi connectivity index (χ1v) is 9.90. The zero-order valence-electron chi connectivity index (χ0n) is 12.7. The predicted molar refractivity (Wildman–Crippen MR) is 84.7 cm³/mol. The third-order valence-corrected chi connectivity index (χ3v) is 6.05. The van der Waals surface area contributed by atoms with Crippen LogP contribution in [0.3, 0.4) is 0 Å². The van der Waals surface area contributed by atoms with Crippen LogP contribution in [0, 0.1) is 5.92 Å². The molecule has 0 aliphatic carbocycles. The van der Waals surface area contributed by atoms with Crippen LogP contribution in [0.5, 0.6) is 0 Å². The molecular weight excluding hydrogens is 310 g/mol. The summed E-state index contributed by atoms with van der Waals surface area (Å²) in [5, 5.41) is 8.83. The second-order valence-corrected chi connectivity index (χ2v) is 8.71. The van der Waals surface area contributed by atoms with E-state index in [0.717, 1.165) is 23.8 Å². The summed E-state index contributed by atoms with van der Waals surface area (Å²) in [4.78, 5) is 0. The summed E-state index contributed by atoms with van der Waals surface area (Å²) in [6.07, 6.45) is 3.24. The van der Waals surface area contributed by atoms with Gasteiger partial charge in [0.2, 0.25) is 16.0 Å². The van der Waals surface area contributed by atoms with Gasteiger partial charge in [0.15, 0.2) is 5.16 Å². The minimum absolute atomic E-state index is 0.210. The van der Waals surface area contributed by atoms with E-state index in [1.54, 1.807) is 16.1 Å². The van der Waals surface area contributed by atoms with E-state index in [1.165, 1.54) is 6.26 Å². The number of anilines is 1. The Balaban J connectivity index is 1.97. The van der Waals surface area contributed by atoms with Crippen LogP contribution in [0.2, 0.25) is 0 Å². The van der Waals surface area contributed by atoms with Crippen molar-refractivity contribution in [1.82, 2.24) is 19.1 Å². The second kappa shape index (κ2) is 6.53. The van der Waals surface area contributed by atoms with Gasteiger partial charge < -0.3 is 5.73 Å². The van der Waals surface area contributed by atoms with Crippen LogP contribution in [-0.4, -0.2) is 52.6 Å². The molecule has 21 heavy (non-hydrogen) atoms. The molecule has 1 unspecified atom stereocenters. The van der Waals surface area contributed by atoms with Gasteiger partial charge >= 0.3 is 0 Å². The molecule has 1 aliphatic heterocycles. The molecule has 1 aromatic rings. The summed E-state index contributed by atoms with van der Waals surface area (Å²) in [7, 11) is -3.09. The lowest BCUT2D eigenvalue weighted by Crippen LogP contribution is -2.39. The average Bonchev–Trinajstić information content (AvgIpc) is 2.77. The van der Waals surface area contributed by atoms with Gasteiger partial charge in [-0.15, -0.1) is 10.2 Å². The number of thioether (sulfide) groups is 1. The quantitative estimate of drug-likeness (QED) is 0.814. The van der Waals surface area contributed by atoms with E-state index in [2.05, 4.69) is 10.2 Å². The maximum Gasteiger partial charge on any atom is 0.222 e. The molecule has 7 nitrogen and oxygen atoms in total. The van der Waals surface area contributed by atoms with E-state index in [9.17, 15) is 8.42 Å². The standard InChI is InChI=1S/C12H23N5O2S2/c1-9(2)17-11(13)14-15-12(17)20-8-10-5-4-6-16(7-10)21(3,18)19/h9-10H,4-8H2,1-3H3,(H2,13,14). The van der Waals surface area contributed by atoms with Crippen molar-refractivity contribution < 1.29 is 8.42 Å². The molecule has 0 saturated carbocycles. The Hall–Kier alpha value is -0.800. The molecule has 1 saturated heterocycles. The minimum Gasteiger partial charge on any atom is -0.368 e. The van der Waals surface area contributed by atoms with Crippen molar-refractivity contribution in [2.75, 3.05) is 30.8 Å². The van der Waals surface area contributed by atoms with Gasteiger partial charge in [-0.25, -0.2) is 12.7 Å². The minimum atomic E-state index is -3.09. The highest BCUT2D eigenvalue weighted by Crippen LogP contribution is 2.28. The van der Waals surface area contributed by atoms with Crippen molar-refractivity contribution in [3.05, 3.63) is 0 Å². The van der Waals surface area contributed by atoms with Crippen molar-refractivity contribution in [2.45, 2.75) is 37.9 Å². The molecule has 0 aromatic carbocycles. The highest BCUT2D eigenvalue weighted by atomic mass is 32.2. The van der Waals surface area contributed by atoms with E-state index in [4.69, 9.17) is 5.73 Å². The lowest BCUT2D eigenvalue weighted by atomic mass is 10.0. The van der Waals surface area contributed by atoms with Gasteiger partial charge in [-0.05, 0) is 32.6 Å². The van der Waals surface area contributed by atoms with Crippen LogP contribution in [0.1, 0.15) is 32.7 Å². The lowest BCUT2D eigenvalue weighted by molar-refractivity contribution is 0.286.